The highest BCUT2D eigenvalue weighted by Crippen LogP contribution is 2.45. The highest BCUT2D eigenvalue weighted by Gasteiger charge is 2.68. The Kier molecular flexibility index (Phi) is 9.08. The van der Waals surface area contributed by atoms with Crippen molar-refractivity contribution in [2.75, 3.05) is 0 Å². The van der Waals surface area contributed by atoms with Gasteiger partial charge in [-0.05, 0) is 77.8 Å². The van der Waals surface area contributed by atoms with E-state index >= 15 is 0 Å². The molecule has 0 unspecified atom stereocenters. The van der Waals surface area contributed by atoms with Crippen molar-refractivity contribution in [3.8, 4) is 11.1 Å². The Hall–Kier alpha value is -3.66. The fraction of sp³-hybridized carbons (Fsp3) is 0.355. The van der Waals surface area contributed by atoms with Crippen LogP contribution in [0.1, 0.15) is 60.1 Å². The molecule has 0 fully saturated rings. The maximum absolute atomic E-state index is 13.1. The van der Waals surface area contributed by atoms with Crippen molar-refractivity contribution in [3.05, 3.63) is 94.3 Å². The van der Waals surface area contributed by atoms with E-state index in [0.29, 0.717) is 30.0 Å². The van der Waals surface area contributed by atoms with Crippen LogP contribution in [-0.2, 0) is 16.6 Å². The molecule has 0 aliphatic heterocycles. The van der Waals surface area contributed by atoms with E-state index in [1.807, 2.05) is 39.0 Å². The van der Waals surface area contributed by atoms with Crippen LogP contribution < -0.4 is 0 Å². The van der Waals surface area contributed by atoms with E-state index in [2.05, 4.69) is 4.98 Å². The number of hydrogen-bond donors (Lipinski definition) is 2. The molecular formula is C31H31F6NO3. The van der Waals surface area contributed by atoms with E-state index in [0.717, 1.165) is 27.8 Å². The first-order valence-electron chi connectivity index (χ1n) is 12.9. The summed E-state index contributed by atoms with van der Waals surface area (Å²) in [5, 5.41) is 18.6. The number of aliphatic carboxylic acids is 1. The lowest BCUT2D eigenvalue weighted by molar-refractivity contribution is -0.347. The van der Waals surface area contributed by atoms with E-state index in [4.69, 9.17) is 5.11 Å². The van der Waals surface area contributed by atoms with Crippen LogP contribution in [0.4, 0.5) is 26.3 Å². The van der Waals surface area contributed by atoms with Gasteiger partial charge in [0.1, 0.15) is 0 Å². The summed E-state index contributed by atoms with van der Waals surface area (Å²) in [6.07, 6.45) is -7.15. The quantitative estimate of drug-likeness (QED) is 0.252. The second-order valence-electron chi connectivity index (χ2n) is 10.1. The number of halogens is 6. The first kappa shape index (κ1) is 31.9. The molecule has 220 valence electrons. The standard InChI is InChI=1S/C31H31F6NO3/c1-5-28(6-2,25-9-10-26(20(4)14-25)23-15-21(16-27(39)40)17-38-18-23)24-8-7-22(19(3)13-24)11-12-29(41,30(32,33)34)31(35,36)37/h7-15,17-18,41H,5-6,16H2,1-4H3,(H,39,40)/b12-11+. The largest absolute Gasteiger partial charge is 0.481 e. The molecule has 2 aromatic carbocycles. The SMILES string of the molecule is CCC(CC)(c1ccc(/C=C/C(O)(C(F)(F)F)C(F)(F)F)c(C)c1)c1ccc(-c2cncc(CC(=O)O)c2)c(C)c1. The van der Waals surface area contributed by atoms with Gasteiger partial charge in [0.15, 0.2) is 0 Å². The molecule has 0 aliphatic rings. The van der Waals surface area contributed by atoms with Crippen molar-refractivity contribution in [2.45, 2.75) is 70.3 Å². The zero-order valence-corrected chi connectivity index (χ0v) is 23.0. The lowest BCUT2D eigenvalue weighted by atomic mass is 9.69. The van der Waals surface area contributed by atoms with Gasteiger partial charge in [0, 0.05) is 23.4 Å². The third kappa shape index (κ3) is 6.32. The summed E-state index contributed by atoms with van der Waals surface area (Å²) >= 11 is 0. The third-order valence-electron chi connectivity index (χ3n) is 7.64. The van der Waals surface area contributed by atoms with Crippen LogP contribution in [-0.4, -0.2) is 39.1 Å². The van der Waals surface area contributed by atoms with E-state index in [1.54, 1.807) is 31.3 Å². The maximum atomic E-state index is 13.1. The molecule has 0 spiro atoms. The van der Waals surface area contributed by atoms with E-state index < -0.39 is 29.3 Å². The monoisotopic (exact) mass is 579 g/mol. The molecule has 0 radical (unpaired) electrons. The van der Waals surface area contributed by atoms with E-state index in [-0.39, 0.29) is 18.1 Å². The number of rotatable bonds is 9. The van der Waals surface area contributed by atoms with Gasteiger partial charge < -0.3 is 10.2 Å². The third-order valence-corrected chi connectivity index (χ3v) is 7.64. The van der Waals surface area contributed by atoms with Gasteiger partial charge >= 0.3 is 18.3 Å². The van der Waals surface area contributed by atoms with Crippen LogP contribution in [0.3, 0.4) is 0 Å². The molecule has 0 saturated carbocycles. The maximum Gasteiger partial charge on any atom is 0.430 e. The summed E-state index contributed by atoms with van der Waals surface area (Å²) in [5.41, 5.74) is 0.0713. The number of hydrogen-bond acceptors (Lipinski definition) is 3. The van der Waals surface area contributed by atoms with Gasteiger partial charge in [0.05, 0.1) is 6.42 Å². The van der Waals surface area contributed by atoms with Gasteiger partial charge in [-0.15, -0.1) is 0 Å². The molecule has 4 nitrogen and oxygen atoms in total. The molecule has 0 aliphatic carbocycles. The Labute approximate surface area is 234 Å². The van der Waals surface area contributed by atoms with Gasteiger partial charge in [-0.1, -0.05) is 56.3 Å². The lowest BCUT2D eigenvalue weighted by Gasteiger charge is -2.34. The van der Waals surface area contributed by atoms with Crippen LogP contribution in [0.25, 0.3) is 17.2 Å². The van der Waals surface area contributed by atoms with Crippen molar-refractivity contribution >= 4 is 12.0 Å². The number of aromatic nitrogens is 1. The first-order chi connectivity index (χ1) is 19.0. The molecule has 3 aromatic rings. The number of nitrogens with zero attached hydrogens (tertiary/aromatic N) is 1. The van der Waals surface area contributed by atoms with Gasteiger partial charge in [0.25, 0.3) is 5.60 Å². The van der Waals surface area contributed by atoms with Crippen LogP contribution in [0.2, 0.25) is 0 Å². The van der Waals surface area contributed by atoms with Crippen LogP contribution in [0.15, 0.2) is 60.9 Å². The summed E-state index contributed by atoms with van der Waals surface area (Å²) in [6, 6.07) is 12.6. The summed E-state index contributed by atoms with van der Waals surface area (Å²) in [4.78, 5) is 15.3. The molecule has 0 amide bonds. The predicted molar refractivity (Wildman–Crippen MR) is 144 cm³/mol. The number of aryl methyl sites for hydroxylation is 2. The number of carbonyl (C=O) groups is 1. The fourth-order valence-corrected chi connectivity index (χ4v) is 5.15. The average molecular weight is 580 g/mol. The average Bonchev–Trinajstić information content (AvgIpc) is 2.87. The molecule has 2 N–H and O–H groups in total. The molecule has 0 saturated heterocycles. The molecule has 1 heterocycles. The molecule has 0 bridgehead atoms. The minimum absolute atomic E-state index is 0.113. The summed E-state index contributed by atoms with van der Waals surface area (Å²) in [5.74, 6) is -0.958. The Balaban J connectivity index is 2.02. The van der Waals surface area contributed by atoms with Gasteiger partial charge in [-0.25, -0.2) is 0 Å². The van der Waals surface area contributed by atoms with Crippen molar-refractivity contribution in [2.24, 2.45) is 0 Å². The molecule has 41 heavy (non-hydrogen) atoms. The number of carboxylic acid groups (broad SMARTS) is 1. The Bertz CT molecular complexity index is 1420. The molecular weight excluding hydrogens is 548 g/mol. The number of aliphatic hydroxyl groups is 1. The molecule has 3 rings (SSSR count). The first-order valence-corrected chi connectivity index (χ1v) is 12.9. The minimum Gasteiger partial charge on any atom is -0.481 e. The Morgan fingerprint density at radius 2 is 1.41 bits per heavy atom. The number of benzene rings is 2. The van der Waals surface area contributed by atoms with Gasteiger partial charge in [0.2, 0.25) is 0 Å². The highest BCUT2D eigenvalue weighted by atomic mass is 19.4. The fourth-order valence-electron chi connectivity index (χ4n) is 5.15. The number of pyridine rings is 1. The Morgan fingerprint density at radius 1 is 0.854 bits per heavy atom. The van der Waals surface area contributed by atoms with Crippen molar-refractivity contribution in [1.82, 2.24) is 4.98 Å². The summed E-state index contributed by atoms with van der Waals surface area (Å²) in [6.45, 7) is 7.52. The molecule has 10 heteroatoms. The van der Waals surface area contributed by atoms with Crippen LogP contribution in [0, 0.1) is 13.8 Å². The Morgan fingerprint density at radius 3 is 1.90 bits per heavy atom. The normalized spacial score (nSPS) is 13.1. The topological polar surface area (TPSA) is 70.4 Å². The molecule has 1 aromatic heterocycles. The van der Waals surface area contributed by atoms with Gasteiger partial charge in [-0.3, -0.25) is 9.78 Å². The van der Waals surface area contributed by atoms with Gasteiger partial charge in [-0.2, -0.15) is 26.3 Å². The minimum atomic E-state index is -5.94. The lowest BCUT2D eigenvalue weighted by Crippen LogP contribution is -2.55. The summed E-state index contributed by atoms with van der Waals surface area (Å²) in [7, 11) is 0. The number of alkyl halides is 6. The second kappa shape index (κ2) is 11.7. The zero-order valence-electron chi connectivity index (χ0n) is 23.0. The van der Waals surface area contributed by atoms with Crippen molar-refractivity contribution < 1.29 is 41.4 Å². The van der Waals surface area contributed by atoms with Crippen LogP contribution >= 0.6 is 0 Å². The van der Waals surface area contributed by atoms with E-state index in [1.165, 1.54) is 12.3 Å². The highest BCUT2D eigenvalue weighted by molar-refractivity contribution is 5.73. The van der Waals surface area contributed by atoms with Crippen molar-refractivity contribution in [3.63, 3.8) is 0 Å². The van der Waals surface area contributed by atoms with E-state index in [9.17, 15) is 36.2 Å². The van der Waals surface area contributed by atoms with Crippen LogP contribution in [0.5, 0.6) is 0 Å². The molecule has 0 atom stereocenters. The zero-order chi connectivity index (χ0) is 30.8. The smallest absolute Gasteiger partial charge is 0.430 e. The predicted octanol–water partition coefficient (Wildman–Crippen LogP) is 7.97. The van der Waals surface area contributed by atoms with Crippen molar-refractivity contribution in [1.29, 1.82) is 0 Å². The summed E-state index contributed by atoms with van der Waals surface area (Å²) < 4.78 is 78.6. The second-order valence-corrected chi connectivity index (χ2v) is 10.1. The number of carboxylic acids is 1.